The lowest BCUT2D eigenvalue weighted by molar-refractivity contribution is -0.164. The lowest BCUT2D eigenvalue weighted by Gasteiger charge is -2.29. The second-order valence-electron chi connectivity index (χ2n) is 4.54. The Morgan fingerprint density at radius 2 is 1.19 bits per heavy atom. The molecule has 1 aliphatic heterocycles. The van der Waals surface area contributed by atoms with Gasteiger partial charge in [-0.1, -0.05) is 12.8 Å². The van der Waals surface area contributed by atoms with Crippen LogP contribution in [0.1, 0.15) is 38.5 Å². The van der Waals surface area contributed by atoms with Crippen LogP contribution in [0.2, 0.25) is 0 Å². The molecule has 1 aliphatic carbocycles. The second kappa shape index (κ2) is 5.32. The Morgan fingerprint density at radius 3 is 1.62 bits per heavy atom. The van der Waals surface area contributed by atoms with Crippen molar-refractivity contribution in [2.75, 3.05) is 13.2 Å². The largest absolute Gasteiger partial charge is 0.465 e. The second-order valence-corrected chi connectivity index (χ2v) is 4.54. The van der Waals surface area contributed by atoms with Gasteiger partial charge < -0.3 is 9.47 Å². The zero-order valence-corrected chi connectivity index (χ0v) is 9.44. The lowest BCUT2D eigenvalue weighted by Crippen LogP contribution is -2.36. The molecule has 0 aromatic rings. The molecule has 16 heavy (non-hydrogen) atoms. The highest BCUT2D eigenvalue weighted by molar-refractivity contribution is 5.82. The van der Waals surface area contributed by atoms with Gasteiger partial charge in [0.1, 0.15) is 0 Å². The fourth-order valence-corrected chi connectivity index (χ4v) is 2.46. The Kier molecular flexibility index (Phi) is 3.80. The Balaban J connectivity index is 2.08. The van der Waals surface area contributed by atoms with Crippen LogP contribution in [0.3, 0.4) is 0 Å². The van der Waals surface area contributed by atoms with Gasteiger partial charge in [0.05, 0.1) is 25.0 Å². The monoisotopic (exact) mass is 226 g/mol. The molecule has 2 atom stereocenters. The van der Waals surface area contributed by atoms with Crippen LogP contribution in [0.5, 0.6) is 0 Å². The van der Waals surface area contributed by atoms with E-state index in [1.807, 2.05) is 0 Å². The zero-order valence-electron chi connectivity index (χ0n) is 9.44. The van der Waals surface area contributed by atoms with E-state index in [0.717, 1.165) is 38.5 Å². The summed E-state index contributed by atoms with van der Waals surface area (Å²) in [6, 6.07) is 0. The third-order valence-electron chi connectivity index (χ3n) is 3.40. The summed E-state index contributed by atoms with van der Waals surface area (Å²) in [5.41, 5.74) is 0. The highest BCUT2D eigenvalue weighted by Gasteiger charge is 2.38. The highest BCUT2D eigenvalue weighted by Crippen LogP contribution is 2.32. The number of hydrogen-bond acceptors (Lipinski definition) is 4. The van der Waals surface area contributed by atoms with Crippen molar-refractivity contribution in [1.29, 1.82) is 0 Å². The predicted molar refractivity (Wildman–Crippen MR) is 56.6 cm³/mol. The average molecular weight is 226 g/mol. The molecule has 0 aromatic carbocycles. The Labute approximate surface area is 95.3 Å². The normalized spacial score (nSPS) is 32.2. The molecule has 0 spiro atoms. The number of carbonyl (C=O) groups is 2. The molecule has 2 aliphatic rings. The van der Waals surface area contributed by atoms with Gasteiger partial charge in [-0.15, -0.1) is 0 Å². The standard InChI is InChI=1S/C12H18O4/c13-11-9-5-1-2-6-10(9)12(14)16-8-4-3-7-15-11/h9-10H,1-8H2. The number of esters is 2. The van der Waals surface area contributed by atoms with Crippen molar-refractivity contribution < 1.29 is 19.1 Å². The van der Waals surface area contributed by atoms with Crippen molar-refractivity contribution >= 4 is 11.9 Å². The van der Waals surface area contributed by atoms with Crippen molar-refractivity contribution in [3.63, 3.8) is 0 Å². The molecule has 4 nitrogen and oxygen atoms in total. The van der Waals surface area contributed by atoms with Crippen molar-refractivity contribution in [1.82, 2.24) is 0 Å². The summed E-state index contributed by atoms with van der Waals surface area (Å²) in [6.45, 7) is 0.916. The summed E-state index contributed by atoms with van der Waals surface area (Å²) >= 11 is 0. The van der Waals surface area contributed by atoms with Crippen LogP contribution in [-0.4, -0.2) is 25.2 Å². The molecule has 0 bridgehead atoms. The van der Waals surface area contributed by atoms with Crippen molar-refractivity contribution in [2.24, 2.45) is 11.8 Å². The molecule has 2 rings (SSSR count). The van der Waals surface area contributed by atoms with Gasteiger partial charge in [0.2, 0.25) is 0 Å². The molecule has 2 unspecified atom stereocenters. The fraction of sp³-hybridized carbons (Fsp3) is 0.833. The SMILES string of the molecule is O=C1OCCCCOC(=O)C2CCCCC12. The number of rotatable bonds is 0. The molecule has 1 heterocycles. The zero-order chi connectivity index (χ0) is 11.4. The Hall–Kier alpha value is -1.06. The average Bonchev–Trinajstić information content (AvgIpc) is 2.32. The maximum atomic E-state index is 11.8. The van der Waals surface area contributed by atoms with E-state index in [2.05, 4.69) is 0 Å². The molecule has 0 radical (unpaired) electrons. The number of cyclic esters (lactones) is 2. The number of carbonyl (C=O) groups excluding carboxylic acids is 2. The first kappa shape index (κ1) is 11.4. The van der Waals surface area contributed by atoms with E-state index in [9.17, 15) is 9.59 Å². The van der Waals surface area contributed by atoms with Crippen molar-refractivity contribution in [3.05, 3.63) is 0 Å². The molecular weight excluding hydrogens is 208 g/mol. The topological polar surface area (TPSA) is 52.6 Å². The van der Waals surface area contributed by atoms with Gasteiger partial charge >= 0.3 is 11.9 Å². The Morgan fingerprint density at radius 1 is 0.750 bits per heavy atom. The molecule has 2 fully saturated rings. The van der Waals surface area contributed by atoms with Crippen LogP contribution in [-0.2, 0) is 19.1 Å². The highest BCUT2D eigenvalue weighted by atomic mass is 16.5. The lowest BCUT2D eigenvalue weighted by atomic mass is 9.79. The van der Waals surface area contributed by atoms with Gasteiger partial charge in [0.15, 0.2) is 0 Å². The van der Waals surface area contributed by atoms with Crippen LogP contribution in [0, 0.1) is 11.8 Å². The summed E-state index contributed by atoms with van der Waals surface area (Å²) in [6.07, 6.45) is 5.08. The van der Waals surface area contributed by atoms with Crippen LogP contribution in [0.4, 0.5) is 0 Å². The van der Waals surface area contributed by atoms with E-state index >= 15 is 0 Å². The maximum Gasteiger partial charge on any atom is 0.309 e. The molecular formula is C12H18O4. The summed E-state index contributed by atoms with van der Waals surface area (Å²) in [4.78, 5) is 23.6. The maximum absolute atomic E-state index is 11.8. The van der Waals surface area contributed by atoms with E-state index in [-0.39, 0.29) is 23.8 Å². The van der Waals surface area contributed by atoms with Gasteiger partial charge in [-0.25, -0.2) is 0 Å². The van der Waals surface area contributed by atoms with E-state index in [4.69, 9.17) is 9.47 Å². The van der Waals surface area contributed by atoms with Gasteiger partial charge in [-0.05, 0) is 25.7 Å². The minimum Gasteiger partial charge on any atom is -0.465 e. The quantitative estimate of drug-likeness (QED) is 0.590. The van der Waals surface area contributed by atoms with E-state index in [0.29, 0.717) is 13.2 Å². The molecule has 0 N–H and O–H groups in total. The summed E-state index contributed by atoms with van der Waals surface area (Å²) < 4.78 is 10.4. The Bertz CT molecular complexity index is 246. The molecule has 1 saturated carbocycles. The first-order chi connectivity index (χ1) is 7.79. The van der Waals surface area contributed by atoms with Crippen LogP contribution >= 0.6 is 0 Å². The molecule has 90 valence electrons. The summed E-state index contributed by atoms with van der Waals surface area (Å²) in [5.74, 6) is -0.939. The van der Waals surface area contributed by atoms with Gasteiger partial charge in [-0.3, -0.25) is 9.59 Å². The van der Waals surface area contributed by atoms with E-state index in [1.54, 1.807) is 0 Å². The van der Waals surface area contributed by atoms with Gasteiger partial charge in [-0.2, -0.15) is 0 Å². The number of hydrogen-bond donors (Lipinski definition) is 0. The van der Waals surface area contributed by atoms with Crippen molar-refractivity contribution in [3.8, 4) is 0 Å². The third kappa shape index (κ3) is 2.54. The van der Waals surface area contributed by atoms with E-state index < -0.39 is 0 Å². The summed E-state index contributed by atoms with van der Waals surface area (Å²) in [5, 5.41) is 0. The number of fused-ring (bicyclic) bond motifs is 1. The van der Waals surface area contributed by atoms with Gasteiger partial charge in [0.25, 0.3) is 0 Å². The molecule has 4 heteroatoms. The molecule has 0 amide bonds. The minimum absolute atomic E-state index is 0.205. The smallest absolute Gasteiger partial charge is 0.309 e. The van der Waals surface area contributed by atoms with Crippen LogP contribution < -0.4 is 0 Å². The predicted octanol–water partition coefficient (Wildman–Crippen LogP) is 1.67. The van der Waals surface area contributed by atoms with Crippen molar-refractivity contribution in [2.45, 2.75) is 38.5 Å². The third-order valence-corrected chi connectivity index (χ3v) is 3.40. The molecule has 0 aromatic heterocycles. The van der Waals surface area contributed by atoms with E-state index in [1.165, 1.54) is 0 Å². The van der Waals surface area contributed by atoms with Crippen LogP contribution in [0.25, 0.3) is 0 Å². The van der Waals surface area contributed by atoms with Crippen LogP contribution in [0.15, 0.2) is 0 Å². The number of ether oxygens (including phenoxy) is 2. The van der Waals surface area contributed by atoms with Gasteiger partial charge in [0, 0.05) is 0 Å². The first-order valence-electron chi connectivity index (χ1n) is 6.12. The molecule has 1 saturated heterocycles. The summed E-state index contributed by atoms with van der Waals surface area (Å²) in [7, 11) is 0. The minimum atomic E-state index is -0.264. The fourth-order valence-electron chi connectivity index (χ4n) is 2.46. The first-order valence-corrected chi connectivity index (χ1v) is 6.12.